The van der Waals surface area contributed by atoms with Crippen LogP contribution in [0.15, 0.2) is 24.3 Å². The molecule has 1 saturated heterocycles. The molecule has 5 heteroatoms. The molecule has 1 fully saturated rings. The Balaban J connectivity index is 1.82. The van der Waals surface area contributed by atoms with E-state index < -0.39 is 0 Å². The van der Waals surface area contributed by atoms with E-state index in [2.05, 4.69) is 5.32 Å². The topological polar surface area (TPSA) is 41.6 Å². The van der Waals surface area contributed by atoms with Crippen molar-refractivity contribution in [3.63, 3.8) is 0 Å². The van der Waals surface area contributed by atoms with Gasteiger partial charge in [0.2, 0.25) is 5.91 Å². The summed E-state index contributed by atoms with van der Waals surface area (Å²) in [5.41, 5.74) is -0.327. The van der Waals surface area contributed by atoms with Gasteiger partial charge in [-0.1, -0.05) is 12.1 Å². The minimum absolute atomic E-state index is 0.111. The maximum Gasteiger partial charge on any atom is 0.229 e. The zero-order valence-electron chi connectivity index (χ0n) is 12.0. The molecular weight excluding hydrogens is 259 g/mol. The Labute approximate surface area is 118 Å². The van der Waals surface area contributed by atoms with Gasteiger partial charge in [-0.2, -0.15) is 0 Å². The Kier molecular flexibility index (Phi) is 4.60. The van der Waals surface area contributed by atoms with E-state index in [1.807, 2.05) is 6.92 Å². The molecule has 1 aromatic carbocycles. The number of halogens is 1. The van der Waals surface area contributed by atoms with Crippen LogP contribution in [-0.4, -0.2) is 44.1 Å². The SMILES string of the molecule is CN(CCOc1ccccc1F)C(=O)C1(C)CCNC1. The van der Waals surface area contributed by atoms with Gasteiger partial charge in [-0.25, -0.2) is 4.39 Å². The molecule has 0 bridgehead atoms. The largest absolute Gasteiger partial charge is 0.489 e. The fourth-order valence-corrected chi connectivity index (χ4v) is 2.42. The molecule has 0 aliphatic carbocycles. The summed E-state index contributed by atoms with van der Waals surface area (Å²) < 4.78 is 18.7. The quantitative estimate of drug-likeness (QED) is 0.892. The van der Waals surface area contributed by atoms with E-state index in [4.69, 9.17) is 4.74 Å². The fourth-order valence-electron chi connectivity index (χ4n) is 2.42. The lowest BCUT2D eigenvalue weighted by atomic mass is 9.88. The number of carbonyl (C=O) groups excluding carboxylic acids is 1. The van der Waals surface area contributed by atoms with Gasteiger partial charge in [-0.3, -0.25) is 4.79 Å². The van der Waals surface area contributed by atoms with Gasteiger partial charge in [-0.05, 0) is 32.0 Å². The van der Waals surface area contributed by atoms with Gasteiger partial charge in [0.05, 0.1) is 12.0 Å². The molecule has 2 rings (SSSR count). The highest BCUT2D eigenvalue weighted by Gasteiger charge is 2.38. The van der Waals surface area contributed by atoms with E-state index >= 15 is 0 Å². The van der Waals surface area contributed by atoms with E-state index in [0.717, 1.165) is 13.0 Å². The summed E-state index contributed by atoms with van der Waals surface area (Å²) in [7, 11) is 1.76. The van der Waals surface area contributed by atoms with Gasteiger partial charge >= 0.3 is 0 Å². The first-order valence-corrected chi connectivity index (χ1v) is 6.86. The van der Waals surface area contributed by atoms with E-state index in [9.17, 15) is 9.18 Å². The average molecular weight is 280 g/mol. The van der Waals surface area contributed by atoms with Crippen molar-refractivity contribution in [1.29, 1.82) is 0 Å². The van der Waals surface area contributed by atoms with Gasteiger partial charge in [0.1, 0.15) is 6.61 Å². The molecule has 0 spiro atoms. The molecule has 1 atom stereocenters. The van der Waals surface area contributed by atoms with E-state index in [-0.39, 0.29) is 29.5 Å². The Morgan fingerprint density at radius 1 is 1.50 bits per heavy atom. The van der Waals surface area contributed by atoms with E-state index in [1.165, 1.54) is 6.07 Å². The molecular formula is C15H21FN2O2. The van der Waals surface area contributed by atoms with Crippen LogP contribution in [0.3, 0.4) is 0 Å². The van der Waals surface area contributed by atoms with Crippen LogP contribution < -0.4 is 10.1 Å². The number of amides is 1. The summed E-state index contributed by atoms with van der Waals surface area (Å²) in [6.07, 6.45) is 0.852. The molecule has 20 heavy (non-hydrogen) atoms. The van der Waals surface area contributed by atoms with Crippen LogP contribution in [0.4, 0.5) is 4.39 Å². The summed E-state index contributed by atoms with van der Waals surface area (Å²) in [6.45, 7) is 4.30. The normalized spacial score (nSPS) is 21.8. The molecule has 1 aliphatic rings. The third-order valence-corrected chi connectivity index (χ3v) is 3.75. The maximum atomic E-state index is 13.4. The van der Waals surface area contributed by atoms with Crippen molar-refractivity contribution in [2.45, 2.75) is 13.3 Å². The lowest BCUT2D eigenvalue weighted by Crippen LogP contribution is -2.43. The van der Waals surface area contributed by atoms with Gasteiger partial charge in [0, 0.05) is 13.6 Å². The monoisotopic (exact) mass is 280 g/mol. The van der Waals surface area contributed by atoms with E-state index in [0.29, 0.717) is 13.1 Å². The second-order valence-corrected chi connectivity index (χ2v) is 5.49. The number of rotatable bonds is 5. The van der Waals surface area contributed by atoms with Gasteiger partial charge < -0.3 is 15.0 Å². The first-order valence-electron chi connectivity index (χ1n) is 6.86. The number of benzene rings is 1. The molecule has 110 valence electrons. The molecule has 1 aromatic rings. The Morgan fingerprint density at radius 3 is 2.90 bits per heavy atom. The highest BCUT2D eigenvalue weighted by atomic mass is 19.1. The summed E-state index contributed by atoms with van der Waals surface area (Å²) in [4.78, 5) is 14.0. The zero-order chi connectivity index (χ0) is 14.6. The number of para-hydroxylation sites is 1. The lowest BCUT2D eigenvalue weighted by molar-refractivity contribution is -0.139. The molecule has 1 N–H and O–H groups in total. The number of hydrogen-bond donors (Lipinski definition) is 1. The van der Waals surface area contributed by atoms with Crippen LogP contribution in [0.2, 0.25) is 0 Å². The zero-order valence-corrected chi connectivity index (χ0v) is 12.0. The second-order valence-electron chi connectivity index (χ2n) is 5.49. The van der Waals surface area contributed by atoms with Crippen LogP contribution in [-0.2, 0) is 4.79 Å². The van der Waals surface area contributed by atoms with Gasteiger partial charge in [-0.15, -0.1) is 0 Å². The first-order chi connectivity index (χ1) is 9.53. The molecule has 0 radical (unpaired) electrons. The van der Waals surface area contributed by atoms with Crippen LogP contribution >= 0.6 is 0 Å². The standard InChI is InChI=1S/C15H21FN2O2/c1-15(7-8-17-11-15)14(19)18(2)9-10-20-13-6-4-3-5-12(13)16/h3-6,17H,7-11H2,1-2H3. The number of hydrogen-bond acceptors (Lipinski definition) is 3. The van der Waals surface area contributed by atoms with Gasteiger partial charge in [0.15, 0.2) is 11.6 Å². The Morgan fingerprint density at radius 2 is 2.25 bits per heavy atom. The Hall–Kier alpha value is -1.62. The molecule has 4 nitrogen and oxygen atoms in total. The number of carbonyl (C=O) groups is 1. The van der Waals surface area contributed by atoms with Crippen LogP contribution in [0.25, 0.3) is 0 Å². The summed E-state index contributed by atoms with van der Waals surface area (Å²) in [5, 5.41) is 3.21. The van der Waals surface area contributed by atoms with Crippen molar-refractivity contribution < 1.29 is 13.9 Å². The summed E-state index contributed by atoms with van der Waals surface area (Å²) >= 11 is 0. The smallest absolute Gasteiger partial charge is 0.229 e. The van der Waals surface area contributed by atoms with E-state index in [1.54, 1.807) is 30.1 Å². The van der Waals surface area contributed by atoms with Crippen molar-refractivity contribution in [3.8, 4) is 5.75 Å². The molecule has 0 saturated carbocycles. The van der Waals surface area contributed by atoms with Crippen LogP contribution in [0, 0.1) is 11.2 Å². The minimum atomic E-state index is -0.381. The molecule has 0 aromatic heterocycles. The lowest BCUT2D eigenvalue weighted by Gasteiger charge is -2.28. The van der Waals surface area contributed by atoms with Crippen molar-refractivity contribution in [3.05, 3.63) is 30.1 Å². The number of nitrogens with zero attached hydrogens (tertiary/aromatic N) is 1. The maximum absolute atomic E-state index is 13.4. The summed E-state index contributed by atoms with van der Waals surface area (Å²) in [5.74, 6) is -0.0461. The Bertz CT molecular complexity index is 473. The highest BCUT2D eigenvalue weighted by molar-refractivity contribution is 5.82. The molecule has 1 heterocycles. The first kappa shape index (κ1) is 14.8. The highest BCUT2D eigenvalue weighted by Crippen LogP contribution is 2.26. The summed E-state index contributed by atoms with van der Waals surface area (Å²) in [6, 6.07) is 6.28. The van der Waals surface area contributed by atoms with Crippen molar-refractivity contribution in [1.82, 2.24) is 10.2 Å². The van der Waals surface area contributed by atoms with Crippen molar-refractivity contribution >= 4 is 5.91 Å². The van der Waals surface area contributed by atoms with Gasteiger partial charge in [0.25, 0.3) is 0 Å². The number of nitrogens with one attached hydrogen (secondary N) is 1. The van der Waals surface area contributed by atoms with Crippen LogP contribution in [0.5, 0.6) is 5.75 Å². The third kappa shape index (κ3) is 3.28. The predicted molar refractivity (Wildman–Crippen MR) is 75.1 cm³/mol. The fraction of sp³-hybridized carbons (Fsp3) is 0.533. The third-order valence-electron chi connectivity index (χ3n) is 3.75. The average Bonchev–Trinajstić information content (AvgIpc) is 2.88. The molecule has 1 unspecified atom stereocenters. The number of ether oxygens (including phenoxy) is 1. The van der Waals surface area contributed by atoms with Crippen LogP contribution in [0.1, 0.15) is 13.3 Å². The number of likely N-dealkylation sites (N-methyl/N-ethyl adjacent to an activating group) is 1. The molecule has 1 amide bonds. The van der Waals surface area contributed by atoms with Crippen molar-refractivity contribution in [2.75, 3.05) is 33.3 Å². The molecule has 1 aliphatic heterocycles. The predicted octanol–water partition coefficient (Wildman–Crippen LogP) is 1.66. The minimum Gasteiger partial charge on any atom is -0.489 e. The van der Waals surface area contributed by atoms with Crippen molar-refractivity contribution in [2.24, 2.45) is 5.41 Å². The second kappa shape index (κ2) is 6.22.